The first-order valence-corrected chi connectivity index (χ1v) is 4.33. The lowest BCUT2D eigenvalue weighted by Crippen LogP contribution is -2.41. The molecule has 86 valence electrons. The summed E-state index contributed by atoms with van der Waals surface area (Å²) in [5.74, 6) is 0. The van der Waals surface area contributed by atoms with Crippen LogP contribution in [0.15, 0.2) is 10.6 Å². The van der Waals surface area contributed by atoms with Gasteiger partial charge in [-0.3, -0.25) is 9.80 Å². The molecule has 2 fully saturated rings. The van der Waals surface area contributed by atoms with Crippen molar-refractivity contribution in [3.63, 3.8) is 0 Å². The van der Waals surface area contributed by atoms with Crippen LogP contribution in [0.3, 0.4) is 0 Å². The summed E-state index contributed by atoms with van der Waals surface area (Å²) in [6, 6.07) is -1.36. The van der Waals surface area contributed by atoms with Crippen molar-refractivity contribution in [2.45, 2.75) is 12.3 Å². The highest BCUT2D eigenvalue weighted by molar-refractivity contribution is 5.84. The first kappa shape index (κ1) is 10.3. The van der Waals surface area contributed by atoms with Crippen LogP contribution in [0.1, 0.15) is 0 Å². The molecular weight excluding hydrogens is 220 g/mol. The van der Waals surface area contributed by atoms with Gasteiger partial charge < -0.3 is 0 Å². The van der Waals surface area contributed by atoms with Crippen molar-refractivity contribution in [3.05, 3.63) is 9.81 Å². The number of carbonyl (C=O) groups is 2. The van der Waals surface area contributed by atoms with Crippen LogP contribution in [0.4, 0.5) is 9.59 Å². The highest BCUT2D eigenvalue weighted by Crippen LogP contribution is 2.33. The van der Waals surface area contributed by atoms with Gasteiger partial charge in [0.15, 0.2) is 12.3 Å². The summed E-state index contributed by atoms with van der Waals surface area (Å²) in [4.78, 5) is 46.2. The maximum atomic E-state index is 11.5. The molecule has 0 aromatic carbocycles. The maximum Gasteiger partial charge on any atom is 0.346 e. The van der Waals surface area contributed by atoms with Gasteiger partial charge in [-0.15, -0.1) is 9.81 Å². The zero-order chi connectivity index (χ0) is 12.0. The van der Waals surface area contributed by atoms with Gasteiger partial charge in [0.1, 0.15) is 0 Å². The largest absolute Gasteiger partial charge is 0.346 e. The van der Waals surface area contributed by atoms with Crippen molar-refractivity contribution in [2.24, 2.45) is 10.6 Å². The van der Waals surface area contributed by atoms with Crippen molar-refractivity contribution >= 4 is 12.1 Å². The van der Waals surface area contributed by atoms with E-state index in [4.69, 9.17) is 0 Å². The molecule has 2 heterocycles. The summed E-state index contributed by atoms with van der Waals surface area (Å²) in [7, 11) is 2.71. The van der Waals surface area contributed by atoms with Crippen LogP contribution in [0.25, 0.3) is 0 Å². The van der Waals surface area contributed by atoms with E-state index in [1.807, 2.05) is 0 Å². The number of nitroso groups, excluding NO2 is 2. The molecular formula is C6H8N6O4. The summed E-state index contributed by atoms with van der Waals surface area (Å²) in [5.41, 5.74) is 0. The molecule has 0 radical (unpaired) electrons. The summed E-state index contributed by atoms with van der Waals surface area (Å²) < 4.78 is 0. The molecule has 0 aromatic heterocycles. The van der Waals surface area contributed by atoms with Crippen molar-refractivity contribution in [1.29, 1.82) is 0 Å². The van der Waals surface area contributed by atoms with Gasteiger partial charge in [-0.05, 0) is 0 Å². The lowest BCUT2D eigenvalue weighted by atomic mass is 10.4. The third kappa shape index (κ3) is 0.951. The fourth-order valence-electron chi connectivity index (χ4n) is 1.92. The summed E-state index contributed by atoms with van der Waals surface area (Å²) >= 11 is 0. The molecule has 2 saturated heterocycles. The second-order valence-electron chi connectivity index (χ2n) is 3.47. The van der Waals surface area contributed by atoms with E-state index >= 15 is 0 Å². The zero-order valence-electron chi connectivity index (χ0n) is 8.47. The molecule has 0 bridgehead atoms. The average molecular weight is 228 g/mol. The van der Waals surface area contributed by atoms with E-state index in [0.717, 1.165) is 9.80 Å². The summed E-state index contributed by atoms with van der Waals surface area (Å²) in [6.45, 7) is 0. The Morgan fingerprint density at radius 3 is 1.44 bits per heavy atom. The predicted molar refractivity (Wildman–Crippen MR) is 49.2 cm³/mol. The molecule has 0 spiro atoms. The van der Waals surface area contributed by atoms with Crippen LogP contribution in [-0.4, -0.2) is 58.3 Å². The van der Waals surface area contributed by atoms with Crippen LogP contribution >= 0.6 is 0 Å². The molecule has 2 aliphatic rings. The summed E-state index contributed by atoms with van der Waals surface area (Å²) in [6.07, 6.45) is -1.83. The fourth-order valence-corrected chi connectivity index (χ4v) is 1.92. The molecule has 2 rings (SSSR count). The molecule has 0 aromatic rings. The van der Waals surface area contributed by atoms with Crippen LogP contribution in [0, 0.1) is 9.81 Å². The molecule has 10 heteroatoms. The fraction of sp³-hybridized carbons (Fsp3) is 0.667. The third-order valence-corrected chi connectivity index (χ3v) is 2.73. The number of amides is 4. The Labute approximate surface area is 89.2 Å². The molecule has 2 unspecified atom stereocenters. The van der Waals surface area contributed by atoms with Gasteiger partial charge in [0, 0.05) is 14.1 Å². The first-order valence-electron chi connectivity index (χ1n) is 4.33. The zero-order valence-corrected chi connectivity index (χ0v) is 8.47. The number of hydrogen-bond donors (Lipinski definition) is 0. The Bertz CT molecular complexity index is 349. The molecule has 0 aliphatic carbocycles. The first-order chi connectivity index (χ1) is 7.54. The second-order valence-corrected chi connectivity index (χ2v) is 3.47. The van der Waals surface area contributed by atoms with Crippen LogP contribution in [-0.2, 0) is 0 Å². The van der Waals surface area contributed by atoms with E-state index < -0.39 is 24.4 Å². The number of likely N-dealkylation sites (N-methyl/N-ethyl adjacent to an activating group) is 2. The average Bonchev–Trinajstić information content (AvgIpc) is 2.66. The van der Waals surface area contributed by atoms with Gasteiger partial charge in [0.2, 0.25) is 0 Å². The molecule has 2 aliphatic heterocycles. The SMILES string of the molecule is CN1C(=O)N(N=O)C2C1N(N=O)C(=O)N2C. The Morgan fingerprint density at radius 1 is 0.875 bits per heavy atom. The van der Waals surface area contributed by atoms with Gasteiger partial charge in [-0.25, -0.2) is 9.59 Å². The van der Waals surface area contributed by atoms with Gasteiger partial charge in [-0.1, -0.05) is 0 Å². The molecule has 2 atom stereocenters. The van der Waals surface area contributed by atoms with Gasteiger partial charge in [-0.2, -0.15) is 10.0 Å². The van der Waals surface area contributed by atoms with Crippen molar-refractivity contribution in [3.8, 4) is 0 Å². The molecule has 16 heavy (non-hydrogen) atoms. The van der Waals surface area contributed by atoms with Gasteiger partial charge >= 0.3 is 12.1 Å². The van der Waals surface area contributed by atoms with Crippen molar-refractivity contribution < 1.29 is 9.59 Å². The predicted octanol–water partition coefficient (Wildman–Crippen LogP) is -0.264. The third-order valence-electron chi connectivity index (χ3n) is 2.73. The Hall–Kier alpha value is -2.26. The van der Waals surface area contributed by atoms with E-state index in [2.05, 4.69) is 10.6 Å². The maximum absolute atomic E-state index is 11.5. The number of carbonyl (C=O) groups excluding carboxylic acids is 2. The minimum Gasteiger partial charge on any atom is -0.300 e. The van der Waals surface area contributed by atoms with Gasteiger partial charge in [0.05, 0.1) is 10.6 Å². The number of rotatable bonds is 2. The topological polar surface area (TPSA) is 106 Å². The highest BCUT2D eigenvalue weighted by atomic mass is 16.3. The minimum absolute atomic E-state index is 0.605. The molecule has 0 N–H and O–H groups in total. The smallest absolute Gasteiger partial charge is 0.300 e. The Balaban J connectivity index is 2.45. The van der Waals surface area contributed by atoms with E-state index in [-0.39, 0.29) is 0 Å². The van der Waals surface area contributed by atoms with Crippen LogP contribution < -0.4 is 0 Å². The van der Waals surface area contributed by atoms with Crippen molar-refractivity contribution in [2.75, 3.05) is 14.1 Å². The van der Waals surface area contributed by atoms with Crippen molar-refractivity contribution in [1.82, 2.24) is 19.8 Å². The second kappa shape index (κ2) is 3.12. The summed E-state index contributed by atoms with van der Waals surface area (Å²) in [5, 5.41) is 6.30. The molecule has 10 nitrogen and oxygen atoms in total. The number of urea groups is 2. The highest BCUT2D eigenvalue weighted by Gasteiger charge is 2.59. The molecule has 4 amide bonds. The number of fused-ring (bicyclic) bond motifs is 1. The number of hydrogen-bond acceptors (Lipinski definition) is 6. The lowest BCUT2D eigenvalue weighted by Gasteiger charge is -2.18. The standard InChI is InChI=1S/C6H8N6O4/c1-9-3-4(12(8-16)5(9)13)10(2)6(14)11(3)7-15/h3-4H,1-2H3. The Kier molecular flexibility index (Phi) is 2.00. The van der Waals surface area contributed by atoms with Crippen LogP contribution in [0.2, 0.25) is 0 Å². The Morgan fingerprint density at radius 2 is 1.19 bits per heavy atom. The van der Waals surface area contributed by atoms with E-state index in [1.54, 1.807) is 0 Å². The minimum atomic E-state index is -0.916. The van der Waals surface area contributed by atoms with E-state index in [0.29, 0.717) is 10.0 Å². The molecule has 0 saturated carbocycles. The monoisotopic (exact) mass is 228 g/mol. The van der Waals surface area contributed by atoms with E-state index in [9.17, 15) is 19.4 Å². The number of nitrogens with zero attached hydrogens (tertiary/aromatic N) is 6. The van der Waals surface area contributed by atoms with Gasteiger partial charge in [0.25, 0.3) is 0 Å². The van der Waals surface area contributed by atoms with Crippen LogP contribution in [0.5, 0.6) is 0 Å². The quantitative estimate of drug-likeness (QED) is 0.606. The van der Waals surface area contributed by atoms with E-state index in [1.165, 1.54) is 14.1 Å². The lowest BCUT2D eigenvalue weighted by molar-refractivity contribution is 0.146. The normalized spacial score (nSPS) is 28.9.